The van der Waals surface area contributed by atoms with Gasteiger partial charge in [-0.25, -0.2) is 4.79 Å². The Morgan fingerprint density at radius 3 is 2.32 bits per heavy atom. The predicted molar refractivity (Wildman–Crippen MR) is 64.5 cm³/mol. The molecule has 102 valence electrons. The molecule has 0 bridgehead atoms. The molecule has 0 saturated heterocycles. The molecule has 6 nitrogen and oxygen atoms in total. The third-order valence-corrected chi connectivity index (χ3v) is 3.40. The second kappa shape index (κ2) is 4.46. The molecule has 19 heavy (non-hydrogen) atoms. The maximum Gasteiger partial charge on any atom is 0.341 e. The third kappa shape index (κ3) is 1.99. The molecule has 0 heterocycles. The van der Waals surface area contributed by atoms with E-state index in [2.05, 4.69) is 4.74 Å². The molecule has 6 heteroatoms. The van der Waals surface area contributed by atoms with Crippen LogP contribution < -0.4 is 4.74 Å². The summed E-state index contributed by atoms with van der Waals surface area (Å²) in [5.41, 5.74) is -0.700. The first-order valence-electron chi connectivity index (χ1n) is 5.69. The third-order valence-electron chi connectivity index (χ3n) is 3.40. The zero-order chi connectivity index (χ0) is 14.2. The van der Waals surface area contributed by atoms with Gasteiger partial charge < -0.3 is 19.7 Å². The lowest BCUT2D eigenvalue weighted by molar-refractivity contribution is -0.140. The summed E-state index contributed by atoms with van der Waals surface area (Å²) in [6.45, 7) is 0. The van der Waals surface area contributed by atoms with Crippen LogP contribution in [0.1, 0.15) is 28.8 Å². The Kier molecular flexibility index (Phi) is 3.09. The van der Waals surface area contributed by atoms with E-state index in [1.165, 1.54) is 26.4 Å². The highest BCUT2D eigenvalue weighted by Gasteiger charge is 2.53. The molecule has 1 aliphatic carbocycles. The van der Waals surface area contributed by atoms with Gasteiger partial charge >= 0.3 is 11.9 Å². The number of phenolic OH excluding ortho intramolecular Hbond substituents is 1. The minimum absolute atomic E-state index is 0.0641. The Morgan fingerprint density at radius 1 is 1.26 bits per heavy atom. The number of ether oxygens (including phenoxy) is 2. The van der Waals surface area contributed by atoms with Crippen molar-refractivity contribution < 1.29 is 29.3 Å². The van der Waals surface area contributed by atoms with E-state index in [-0.39, 0.29) is 17.1 Å². The van der Waals surface area contributed by atoms with Crippen LogP contribution in [0, 0.1) is 0 Å². The van der Waals surface area contributed by atoms with Gasteiger partial charge in [0.15, 0.2) is 0 Å². The molecular formula is C13H14O6. The van der Waals surface area contributed by atoms with Gasteiger partial charge in [0, 0.05) is 11.6 Å². The number of aliphatic carboxylic acids is 1. The van der Waals surface area contributed by atoms with Gasteiger partial charge in [-0.15, -0.1) is 0 Å². The minimum atomic E-state index is -1.03. The summed E-state index contributed by atoms with van der Waals surface area (Å²) in [7, 11) is 2.57. The van der Waals surface area contributed by atoms with E-state index in [9.17, 15) is 19.8 Å². The van der Waals surface area contributed by atoms with Gasteiger partial charge in [0.1, 0.15) is 17.1 Å². The number of phenols is 1. The number of rotatable bonds is 4. The van der Waals surface area contributed by atoms with E-state index in [0.29, 0.717) is 18.4 Å². The van der Waals surface area contributed by atoms with E-state index >= 15 is 0 Å². The van der Waals surface area contributed by atoms with E-state index in [1.807, 2.05) is 0 Å². The first-order valence-corrected chi connectivity index (χ1v) is 5.69. The molecule has 2 rings (SSSR count). The number of methoxy groups -OCH3 is 2. The summed E-state index contributed by atoms with van der Waals surface area (Å²) in [4.78, 5) is 22.9. The monoisotopic (exact) mass is 266 g/mol. The van der Waals surface area contributed by atoms with Crippen LogP contribution in [-0.2, 0) is 14.9 Å². The first kappa shape index (κ1) is 13.2. The number of esters is 1. The first-order chi connectivity index (χ1) is 8.96. The average molecular weight is 266 g/mol. The number of carbonyl (C=O) groups excluding carboxylic acids is 1. The van der Waals surface area contributed by atoms with Gasteiger partial charge in [-0.3, -0.25) is 4.79 Å². The average Bonchev–Trinajstić information content (AvgIpc) is 3.18. The number of benzene rings is 1. The molecular weight excluding hydrogens is 252 g/mol. The van der Waals surface area contributed by atoms with Crippen molar-refractivity contribution in [3.8, 4) is 11.5 Å². The Balaban J connectivity index is 2.59. The normalized spacial score (nSPS) is 15.7. The number of hydrogen-bond acceptors (Lipinski definition) is 5. The molecule has 1 aromatic carbocycles. The maximum absolute atomic E-state index is 11.5. The van der Waals surface area contributed by atoms with Crippen LogP contribution in [0.5, 0.6) is 11.5 Å². The molecule has 0 amide bonds. The Morgan fingerprint density at radius 2 is 1.89 bits per heavy atom. The highest BCUT2D eigenvalue weighted by atomic mass is 16.5. The van der Waals surface area contributed by atoms with Gasteiger partial charge in [0.25, 0.3) is 0 Å². The van der Waals surface area contributed by atoms with Crippen molar-refractivity contribution in [2.45, 2.75) is 18.3 Å². The lowest BCUT2D eigenvalue weighted by Crippen LogP contribution is -2.21. The Labute approximate surface area is 109 Å². The van der Waals surface area contributed by atoms with Crippen molar-refractivity contribution in [1.82, 2.24) is 0 Å². The molecule has 0 aromatic heterocycles. The van der Waals surface area contributed by atoms with Gasteiger partial charge in [-0.05, 0) is 18.9 Å². The van der Waals surface area contributed by atoms with E-state index in [1.54, 1.807) is 0 Å². The molecule has 1 aromatic rings. The summed E-state index contributed by atoms with van der Waals surface area (Å²) in [6.07, 6.45) is 0.953. The number of aromatic hydroxyl groups is 1. The van der Waals surface area contributed by atoms with Gasteiger partial charge in [-0.1, -0.05) is 0 Å². The van der Waals surface area contributed by atoms with E-state index in [4.69, 9.17) is 4.74 Å². The molecule has 0 radical (unpaired) electrons. The summed E-state index contributed by atoms with van der Waals surface area (Å²) >= 11 is 0. The topological polar surface area (TPSA) is 93.1 Å². The highest BCUT2D eigenvalue weighted by Crippen LogP contribution is 2.52. The number of hydrogen-bond donors (Lipinski definition) is 2. The molecule has 0 atom stereocenters. The van der Waals surface area contributed by atoms with Gasteiger partial charge in [0.05, 0.1) is 19.6 Å². The van der Waals surface area contributed by atoms with Crippen LogP contribution in [-0.4, -0.2) is 36.4 Å². The number of carbonyl (C=O) groups is 2. The van der Waals surface area contributed by atoms with Crippen molar-refractivity contribution in [2.24, 2.45) is 0 Å². The standard InChI is InChI=1S/C13H14O6/c1-18-10-6-9(14)7(11(15)19-2)5-8(10)13(3-4-13)12(16)17/h5-6,14H,3-4H2,1-2H3,(H,16,17). The lowest BCUT2D eigenvalue weighted by Gasteiger charge is -2.16. The van der Waals surface area contributed by atoms with Gasteiger partial charge in [-0.2, -0.15) is 0 Å². The zero-order valence-electron chi connectivity index (χ0n) is 10.6. The van der Waals surface area contributed by atoms with Gasteiger partial charge in [0.2, 0.25) is 0 Å². The molecule has 2 N–H and O–H groups in total. The fraction of sp³-hybridized carbons (Fsp3) is 0.385. The van der Waals surface area contributed by atoms with Crippen molar-refractivity contribution in [2.75, 3.05) is 14.2 Å². The molecule has 1 saturated carbocycles. The number of carboxylic acid groups (broad SMARTS) is 1. The molecule has 0 aliphatic heterocycles. The quantitative estimate of drug-likeness (QED) is 0.798. The largest absolute Gasteiger partial charge is 0.507 e. The van der Waals surface area contributed by atoms with Crippen LogP contribution in [0.2, 0.25) is 0 Å². The zero-order valence-corrected chi connectivity index (χ0v) is 10.6. The Hall–Kier alpha value is -2.24. The summed E-state index contributed by atoms with van der Waals surface area (Å²) in [6, 6.07) is 2.58. The van der Waals surface area contributed by atoms with Crippen LogP contribution in [0.15, 0.2) is 12.1 Å². The van der Waals surface area contributed by atoms with Crippen molar-refractivity contribution in [3.63, 3.8) is 0 Å². The predicted octanol–water partition coefficient (Wildman–Crippen LogP) is 1.30. The minimum Gasteiger partial charge on any atom is -0.507 e. The SMILES string of the molecule is COC(=O)c1cc(C2(C(=O)O)CC2)c(OC)cc1O. The summed E-state index contributed by atoms with van der Waals surface area (Å²) in [5.74, 6) is -1.73. The van der Waals surface area contributed by atoms with Crippen LogP contribution in [0.4, 0.5) is 0 Å². The summed E-state index contributed by atoms with van der Waals surface area (Å²) < 4.78 is 9.65. The van der Waals surface area contributed by atoms with E-state index < -0.39 is 17.4 Å². The van der Waals surface area contributed by atoms with Crippen LogP contribution in [0.25, 0.3) is 0 Å². The number of carboxylic acids is 1. The highest BCUT2D eigenvalue weighted by molar-refractivity contribution is 5.94. The lowest BCUT2D eigenvalue weighted by atomic mass is 9.93. The maximum atomic E-state index is 11.5. The van der Waals surface area contributed by atoms with Crippen molar-refractivity contribution in [3.05, 3.63) is 23.3 Å². The van der Waals surface area contributed by atoms with Crippen LogP contribution >= 0.6 is 0 Å². The second-order valence-electron chi connectivity index (χ2n) is 4.45. The fourth-order valence-corrected chi connectivity index (χ4v) is 2.11. The molecule has 1 fully saturated rings. The molecule has 0 spiro atoms. The molecule has 1 aliphatic rings. The van der Waals surface area contributed by atoms with Crippen molar-refractivity contribution in [1.29, 1.82) is 0 Å². The smallest absolute Gasteiger partial charge is 0.341 e. The summed E-state index contributed by atoms with van der Waals surface area (Å²) in [5, 5.41) is 19.0. The Bertz CT molecular complexity index is 544. The second-order valence-corrected chi connectivity index (χ2v) is 4.45. The molecule has 0 unspecified atom stereocenters. The van der Waals surface area contributed by atoms with Crippen LogP contribution in [0.3, 0.4) is 0 Å². The van der Waals surface area contributed by atoms with Crippen molar-refractivity contribution >= 4 is 11.9 Å². The van der Waals surface area contributed by atoms with E-state index in [0.717, 1.165) is 0 Å². The fourth-order valence-electron chi connectivity index (χ4n) is 2.11.